The van der Waals surface area contributed by atoms with Gasteiger partial charge in [0, 0.05) is 44.3 Å². The van der Waals surface area contributed by atoms with Crippen LogP contribution in [-0.4, -0.2) is 122 Å². The molecule has 0 aromatic heterocycles. The lowest BCUT2D eigenvalue weighted by Crippen LogP contribution is -2.72. The van der Waals surface area contributed by atoms with Gasteiger partial charge in [-0.2, -0.15) is 0 Å². The molecule has 218 valence electrons. The molecule has 8 unspecified atom stereocenters. The molecular weight excluding hydrogens is 490 g/mol. The van der Waals surface area contributed by atoms with E-state index >= 15 is 0 Å². The zero-order chi connectivity index (χ0) is 27.1. The maximum Gasteiger partial charge on any atom is 0.259 e. The van der Waals surface area contributed by atoms with Gasteiger partial charge in [-0.05, 0) is 91.0 Å². The molecule has 8 heteroatoms. The molecule has 3 aliphatic carbocycles. The maximum absolute atomic E-state index is 14.0. The molecule has 3 aliphatic heterocycles. The van der Waals surface area contributed by atoms with Crippen molar-refractivity contribution in [2.45, 2.75) is 94.5 Å². The summed E-state index contributed by atoms with van der Waals surface area (Å²) in [6.07, 6.45) is 14.0. The van der Waals surface area contributed by atoms with Gasteiger partial charge in [-0.1, -0.05) is 19.3 Å². The summed E-state index contributed by atoms with van der Waals surface area (Å²) < 4.78 is 7.06. The number of piperazine rings is 1. The van der Waals surface area contributed by atoms with E-state index in [4.69, 9.17) is 4.74 Å². The molecule has 0 bridgehead atoms. The van der Waals surface area contributed by atoms with Crippen molar-refractivity contribution in [3.05, 3.63) is 11.8 Å². The summed E-state index contributed by atoms with van der Waals surface area (Å²) in [5.41, 5.74) is 0.452. The number of ether oxygens (including phenoxy) is 1. The first-order valence-electron chi connectivity index (χ1n) is 16.0. The van der Waals surface area contributed by atoms with Gasteiger partial charge in [0.2, 0.25) is 0 Å². The molecule has 39 heavy (non-hydrogen) atoms. The van der Waals surface area contributed by atoms with E-state index < -0.39 is 0 Å². The average molecular weight is 542 g/mol. The number of fused-ring (bicyclic) bond motifs is 4. The Kier molecular flexibility index (Phi) is 8.37. The zero-order valence-corrected chi connectivity index (χ0v) is 24.5. The number of carbonyl (C=O) groups is 2. The quantitative estimate of drug-likeness (QED) is 0.392. The number of rotatable bonds is 7. The van der Waals surface area contributed by atoms with E-state index in [1.165, 1.54) is 38.5 Å². The van der Waals surface area contributed by atoms with Crippen molar-refractivity contribution in [3.63, 3.8) is 0 Å². The molecule has 1 amide bonds. The number of Topliss-reactive ketones (excluding diaryl/α,β-unsaturated/α-hetero) is 1. The Labute approximate surface area is 235 Å². The molecule has 0 radical (unpaired) electrons. The molecule has 6 aliphatic rings. The van der Waals surface area contributed by atoms with Crippen LogP contribution < -0.4 is 5.32 Å². The number of morpholine rings is 1. The van der Waals surface area contributed by atoms with E-state index in [9.17, 15) is 9.59 Å². The Balaban J connectivity index is 1.27. The molecule has 8 atom stereocenters. The van der Waals surface area contributed by atoms with Gasteiger partial charge in [0.15, 0.2) is 5.78 Å². The van der Waals surface area contributed by atoms with Crippen molar-refractivity contribution in [2.75, 3.05) is 60.4 Å². The molecular formula is C31H51N5O3. The Hall–Kier alpha value is -1.48. The van der Waals surface area contributed by atoms with Crippen LogP contribution in [0.5, 0.6) is 0 Å². The molecule has 3 saturated carbocycles. The minimum absolute atomic E-state index is 0.0134. The van der Waals surface area contributed by atoms with Gasteiger partial charge in [0.1, 0.15) is 0 Å². The number of hydrogen-bond donors (Lipinski definition) is 1. The zero-order valence-electron chi connectivity index (χ0n) is 24.5. The molecule has 3 heterocycles. The van der Waals surface area contributed by atoms with Crippen LogP contribution in [0, 0.1) is 17.8 Å². The third-order valence-electron chi connectivity index (χ3n) is 10.9. The van der Waals surface area contributed by atoms with Crippen LogP contribution in [-0.2, 0) is 14.3 Å². The third-order valence-corrected chi connectivity index (χ3v) is 10.9. The van der Waals surface area contributed by atoms with E-state index in [0.717, 1.165) is 57.8 Å². The average Bonchev–Trinajstić information content (AvgIpc) is 2.94. The number of hydrogen-bond acceptors (Lipinski definition) is 7. The van der Waals surface area contributed by atoms with Gasteiger partial charge in [-0.3, -0.25) is 9.59 Å². The van der Waals surface area contributed by atoms with Crippen LogP contribution in [0.2, 0.25) is 0 Å². The number of nitrogens with one attached hydrogen (secondary N) is 1. The molecule has 1 N–H and O–H groups in total. The lowest BCUT2D eigenvalue weighted by Gasteiger charge is -2.62. The highest BCUT2D eigenvalue weighted by Crippen LogP contribution is 2.50. The molecule has 0 spiro atoms. The highest BCUT2D eigenvalue weighted by Gasteiger charge is 2.58. The fraction of sp³-hybridized carbons (Fsp3) is 0.871. The second kappa shape index (κ2) is 11.8. The predicted molar refractivity (Wildman–Crippen MR) is 152 cm³/mol. The highest BCUT2D eigenvalue weighted by molar-refractivity contribution is 6.20. The lowest BCUT2D eigenvalue weighted by molar-refractivity contribution is -0.207. The van der Waals surface area contributed by atoms with Crippen LogP contribution in [0.1, 0.15) is 64.2 Å². The number of amides is 1. The first kappa shape index (κ1) is 27.7. The molecule has 0 aromatic carbocycles. The summed E-state index contributed by atoms with van der Waals surface area (Å²) in [4.78, 5) is 36.8. The van der Waals surface area contributed by atoms with E-state index in [0.29, 0.717) is 30.6 Å². The molecule has 2 saturated heterocycles. The van der Waals surface area contributed by atoms with Crippen molar-refractivity contribution in [3.8, 4) is 0 Å². The summed E-state index contributed by atoms with van der Waals surface area (Å²) in [6.45, 7) is 5.25. The topological polar surface area (TPSA) is 68.4 Å². The van der Waals surface area contributed by atoms with Crippen molar-refractivity contribution >= 4 is 11.7 Å². The van der Waals surface area contributed by atoms with Crippen molar-refractivity contribution in [1.82, 2.24) is 24.9 Å². The number of ketones is 1. The Morgan fingerprint density at radius 2 is 1.79 bits per heavy atom. The normalized spacial score (nSPS) is 38.7. The van der Waals surface area contributed by atoms with Gasteiger partial charge < -0.3 is 29.7 Å². The lowest BCUT2D eigenvalue weighted by atomic mass is 9.63. The fourth-order valence-electron chi connectivity index (χ4n) is 8.82. The van der Waals surface area contributed by atoms with E-state index in [1.807, 2.05) is 11.1 Å². The van der Waals surface area contributed by atoms with Crippen molar-refractivity contribution in [1.29, 1.82) is 0 Å². The predicted octanol–water partition coefficient (Wildman–Crippen LogP) is 2.34. The van der Waals surface area contributed by atoms with Gasteiger partial charge in [0.25, 0.3) is 5.91 Å². The SMILES string of the molecule is CN(C)CCCCNC1CCC2C(=O)C(C(=O)N3CCN(C)CC3)=CN3C4C(CCC5CCCCC54)OC1C23. The summed E-state index contributed by atoms with van der Waals surface area (Å²) >= 11 is 0. The van der Waals surface area contributed by atoms with Gasteiger partial charge in [-0.25, -0.2) is 0 Å². The van der Waals surface area contributed by atoms with Crippen molar-refractivity contribution in [2.24, 2.45) is 17.8 Å². The first-order chi connectivity index (χ1) is 18.9. The molecule has 0 aromatic rings. The number of carbonyl (C=O) groups excluding carboxylic acids is 2. The minimum Gasteiger partial charge on any atom is -0.369 e. The second-order valence-electron chi connectivity index (χ2n) is 13.6. The fourth-order valence-corrected chi connectivity index (χ4v) is 8.82. The Morgan fingerprint density at radius 1 is 1.00 bits per heavy atom. The number of nitrogens with zero attached hydrogens (tertiary/aromatic N) is 4. The smallest absolute Gasteiger partial charge is 0.259 e. The number of likely N-dealkylation sites (N-methyl/N-ethyl adjacent to an activating group) is 1. The molecule has 6 rings (SSSR count). The molecule has 5 fully saturated rings. The van der Waals surface area contributed by atoms with Crippen LogP contribution in [0.25, 0.3) is 0 Å². The first-order valence-corrected chi connectivity index (χ1v) is 16.0. The monoisotopic (exact) mass is 541 g/mol. The van der Waals surface area contributed by atoms with Gasteiger partial charge >= 0.3 is 0 Å². The van der Waals surface area contributed by atoms with Crippen LogP contribution in [0.3, 0.4) is 0 Å². The standard InChI is InChI=1S/C31H51N5O3/c1-33(2)15-7-6-14-32-25-12-11-23-28-30(25)39-26-13-10-21-8-4-5-9-22(21)27(26)36(28)20-24(29(23)37)31(38)35-18-16-34(3)17-19-35/h20-23,25-28,30,32H,4-19H2,1-3H3. The summed E-state index contributed by atoms with van der Waals surface area (Å²) in [7, 11) is 6.36. The highest BCUT2D eigenvalue weighted by atomic mass is 16.5. The summed E-state index contributed by atoms with van der Waals surface area (Å²) in [5.74, 6) is 1.28. The van der Waals surface area contributed by atoms with E-state index in [1.54, 1.807) is 0 Å². The van der Waals surface area contributed by atoms with Gasteiger partial charge in [0.05, 0.1) is 29.9 Å². The van der Waals surface area contributed by atoms with Gasteiger partial charge in [-0.15, -0.1) is 0 Å². The van der Waals surface area contributed by atoms with Crippen LogP contribution in [0.15, 0.2) is 11.8 Å². The minimum atomic E-state index is -0.136. The summed E-state index contributed by atoms with van der Waals surface area (Å²) in [6, 6.07) is 0.626. The number of unbranched alkanes of at least 4 members (excludes halogenated alkanes) is 1. The van der Waals surface area contributed by atoms with Crippen LogP contribution >= 0.6 is 0 Å². The Morgan fingerprint density at radius 3 is 2.59 bits per heavy atom. The Bertz CT molecular complexity index is 931. The van der Waals surface area contributed by atoms with E-state index in [2.05, 4.69) is 41.2 Å². The summed E-state index contributed by atoms with van der Waals surface area (Å²) in [5, 5.41) is 3.86. The third kappa shape index (κ3) is 5.43. The maximum atomic E-state index is 14.0. The molecule has 8 nitrogen and oxygen atoms in total. The van der Waals surface area contributed by atoms with Crippen LogP contribution in [0.4, 0.5) is 0 Å². The van der Waals surface area contributed by atoms with E-state index in [-0.39, 0.29) is 41.9 Å². The largest absolute Gasteiger partial charge is 0.369 e. The second-order valence-corrected chi connectivity index (χ2v) is 13.6. The van der Waals surface area contributed by atoms with Crippen molar-refractivity contribution < 1.29 is 14.3 Å².